The van der Waals surface area contributed by atoms with Gasteiger partial charge in [0.1, 0.15) is 0 Å². The van der Waals surface area contributed by atoms with Crippen LogP contribution in [0, 0.1) is 0 Å². The van der Waals surface area contributed by atoms with Crippen molar-refractivity contribution in [2.75, 3.05) is 0 Å². The summed E-state index contributed by atoms with van der Waals surface area (Å²) in [5.74, 6) is 0. The molecule has 0 saturated heterocycles. The standard InChI is InChI=1S/2Al.3H2O.O/h;;3*1H2;. The first kappa shape index (κ1) is 73.1. The molecule has 0 rings (SSSR count). The molecule has 0 aliphatic heterocycles. The Kier molecular flexibility index (Phi) is 2840. The molecule has 0 aromatic rings. The maximum absolute atomic E-state index is 8.17. The third kappa shape index (κ3) is 120. The van der Waals surface area contributed by atoms with E-state index in [2.05, 4.69) is 0 Å². The van der Waals surface area contributed by atoms with E-state index in [0.29, 0.717) is 0 Å². The molecule has 6 N–H and O–H groups in total. The Morgan fingerprint density at radius 1 is 0.833 bits per heavy atom. The van der Waals surface area contributed by atoms with E-state index in [-0.39, 0.29) is 33.8 Å². The molecular formula is H6Al2O4. The van der Waals surface area contributed by atoms with E-state index in [1.54, 1.807) is 0 Å². The van der Waals surface area contributed by atoms with Gasteiger partial charge in [0, 0.05) is 17.4 Å². The maximum atomic E-state index is 8.17. The van der Waals surface area contributed by atoms with Crippen molar-refractivity contribution >= 4 is 33.6 Å². The molecule has 4 radical (unpaired) electrons. The quantitative estimate of drug-likeness (QED) is 0.308. The van der Waals surface area contributed by atoms with Crippen molar-refractivity contribution in [1.82, 2.24) is 0 Å². The summed E-state index contributed by atoms with van der Waals surface area (Å²) < 4.78 is 8.17. The number of hydrogen-bond acceptors (Lipinski definition) is 1. The second kappa shape index (κ2) is 233. The fraction of sp³-hybridized carbons (Fsp3) is 0. The van der Waals surface area contributed by atoms with Gasteiger partial charge in [0.15, 0.2) is 0 Å². The van der Waals surface area contributed by atoms with Gasteiger partial charge >= 0.3 is 20.0 Å². The molecule has 0 aliphatic carbocycles. The van der Waals surface area contributed by atoms with Gasteiger partial charge in [0.25, 0.3) is 0 Å². The van der Waals surface area contributed by atoms with E-state index < -0.39 is 0 Å². The van der Waals surface area contributed by atoms with Gasteiger partial charge in [-0.1, -0.05) is 0 Å². The molecule has 0 fully saturated rings. The van der Waals surface area contributed by atoms with Crippen LogP contribution in [0.1, 0.15) is 0 Å². The van der Waals surface area contributed by atoms with Crippen LogP contribution in [0.5, 0.6) is 0 Å². The second-order valence-electron chi connectivity index (χ2n) is 0. The topological polar surface area (TPSA) is 112 Å². The first-order chi connectivity index (χ1) is 1.00. The fourth-order valence-electron chi connectivity index (χ4n) is 0. The zero-order valence-electron chi connectivity index (χ0n) is 3.06. The fourth-order valence-corrected chi connectivity index (χ4v) is 0. The van der Waals surface area contributed by atoms with Gasteiger partial charge in [-0.2, -0.15) is 0 Å². The Hall–Kier alpha value is 0.745. The SMILES string of the molecule is O.O.O.[Al].[O]=[Al]. The van der Waals surface area contributed by atoms with Crippen LogP contribution in [-0.2, 0) is 3.80 Å². The van der Waals surface area contributed by atoms with E-state index >= 15 is 0 Å². The van der Waals surface area contributed by atoms with Crippen LogP contribution in [0.2, 0.25) is 0 Å². The molecular weight excluding hydrogens is 118 g/mol. The zero-order chi connectivity index (χ0) is 2.00. The summed E-state index contributed by atoms with van der Waals surface area (Å²) in [6.45, 7) is 0. The summed E-state index contributed by atoms with van der Waals surface area (Å²) in [6, 6.07) is 0. The predicted octanol–water partition coefficient (Wildman–Crippen LogP) is -3.35. The minimum atomic E-state index is 0. The molecule has 0 spiro atoms. The summed E-state index contributed by atoms with van der Waals surface area (Å²) in [6.07, 6.45) is 0. The van der Waals surface area contributed by atoms with Gasteiger partial charge in [0.05, 0.1) is 0 Å². The molecule has 0 saturated carbocycles. The third-order valence-corrected chi connectivity index (χ3v) is 0. The molecule has 4 nitrogen and oxygen atoms in total. The van der Waals surface area contributed by atoms with Gasteiger partial charge in [-0.25, -0.2) is 0 Å². The predicted molar refractivity (Wildman–Crippen MR) is 23.0 cm³/mol. The monoisotopic (exact) mass is 124 g/mol. The number of hydrogen-bond donors (Lipinski definition) is 0. The molecule has 0 aliphatic rings. The molecule has 0 bridgehead atoms. The van der Waals surface area contributed by atoms with Crippen LogP contribution < -0.4 is 0 Å². The van der Waals surface area contributed by atoms with Gasteiger partial charge in [-0.05, 0) is 0 Å². The Labute approximate surface area is 54.2 Å². The van der Waals surface area contributed by atoms with Crippen molar-refractivity contribution in [3.05, 3.63) is 0 Å². The van der Waals surface area contributed by atoms with Crippen molar-refractivity contribution < 1.29 is 20.2 Å². The molecule has 0 unspecified atom stereocenters. The van der Waals surface area contributed by atoms with Crippen molar-refractivity contribution in [2.45, 2.75) is 0 Å². The molecule has 0 atom stereocenters. The van der Waals surface area contributed by atoms with Gasteiger partial charge < -0.3 is 16.4 Å². The van der Waals surface area contributed by atoms with Crippen LogP contribution in [0.15, 0.2) is 0 Å². The van der Waals surface area contributed by atoms with E-state index in [1.165, 1.54) is 16.2 Å². The Morgan fingerprint density at radius 3 is 0.833 bits per heavy atom. The molecule has 0 amide bonds. The van der Waals surface area contributed by atoms with Crippen molar-refractivity contribution in [3.8, 4) is 0 Å². The van der Waals surface area contributed by atoms with Crippen molar-refractivity contribution in [2.24, 2.45) is 0 Å². The van der Waals surface area contributed by atoms with E-state index in [4.69, 9.17) is 3.80 Å². The zero-order valence-corrected chi connectivity index (χ0v) is 5.37. The summed E-state index contributed by atoms with van der Waals surface area (Å²) in [4.78, 5) is 0. The molecule has 36 valence electrons. The normalized spacial score (nSPS) is 0.500. The van der Waals surface area contributed by atoms with Crippen molar-refractivity contribution in [1.29, 1.82) is 0 Å². The second-order valence-corrected chi connectivity index (χ2v) is 0. The average Bonchev–Trinajstić information content (AvgIpc) is 1.00. The Morgan fingerprint density at radius 2 is 0.833 bits per heavy atom. The molecule has 0 aromatic carbocycles. The van der Waals surface area contributed by atoms with E-state index in [9.17, 15) is 0 Å². The Balaban J connectivity index is -0.000000000833. The summed E-state index contributed by atoms with van der Waals surface area (Å²) in [5, 5.41) is 0. The van der Waals surface area contributed by atoms with Crippen LogP contribution in [0.3, 0.4) is 0 Å². The summed E-state index contributed by atoms with van der Waals surface area (Å²) in [5.41, 5.74) is 0. The van der Waals surface area contributed by atoms with Gasteiger partial charge in [0.2, 0.25) is 0 Å². The summed E-state index contributed by atoms with van der Waals surface area (Å²) in [7, 11) is 0. The molecule has 0 heterocycles. The molecule has 6 heavy (non-hydrogen) atoms. The molecule has 6 heteroatoms. The van der Waals surface area contributed by atoms with Crippen LogP contribution in [0.4, 0.5) is 0 Å². The first-order valence-corrected chi connectivity index (χ1v) is 0.707. The van der Waals surface area contributed by atoms with Crippen molar-refractivity contribution in [3.63, 3.8) is 0 Å². The van der Waals surface area contributed by atoms with Crippen LogP contribution >= 0.6 is 0 Å². The van der Waals surface area contributed by atoms with Gasteiger partial charge in [-0.15, -0.1) is 0 Å². The molecule has 0 aromatic heterocycles. The van der Waals surface area contributed by atoms with E-state index in [1.807, 2.05) is 0 Å². The van der Waals surface area contributed by atoms with Gasteiger partial charge in [-0.3, -0.25) is 0 Å². The summed E-state index contributed by atoms with van der Waals surface area (Å²) >= 11 is 1.17. The third-order valence-electron chi connectivity index (χ3n) is 0. The average molecular weight is 124 g/mol. The van der Waals surface area contributed by atoms with Crippen LogP contribution in [0.25, 0.3) is 0 Å². The van der Waals surface area contributed by atoms with Crippen LogP contribution in [-0.4, -0.2) is 50.0 Å². The Bertz CT molecular complexity index is 5.51. The van der Waals surface area contributed by atoms with E-state index in [0.717, 1.165) is 0 Å². The first-order valence-electron chi connectivity index (χ1n) is 0.236. The minimum absolute atomic E-state index is 0. The number of rotatable bonds is 0.